The molecule has 2 nitrogen and oxygen atoms in total. The molecule has 1 saturated heterocycles. The molecule has 2 atom stereocenters. The SMILES string of the molecule is Cc1cc(C(O)C2CCCNC2)cc(C)c1F. The molecule has 0 radical (unpaired) electrons. The number of aliphatic hydroxyl groups is 1. The molecule has 3 heteroatoms. The molecule has 2 unspecified atom stereocenters. The summed E-state index contributed by atoms with van der Waals surface area (Å²) in [6.45, 7) is 5.37. The second kappa shape index (κ2) is 5.15. The summed E-state index contributed by atoms with van der Waals surface area (Å²) in [6, 6.07) is 3.53. The minimum absolute atomic E-state index is 0.164. The van der Waals surface area contributed by atoms with Gasteiger partial charge in [0.1, 0.15) is 5.82 Å². The lowest BCUT2D eigenvalue weighted by Crippen LogP contribution is -2.33. The van der Waals surface area contributed by atoms with Crippen molar-refractivity contribution in [2.24, 2.45) is 5.92 Å². The molecule has 1 aromatic carbocycles. The van der Waals surface area contributed by atoms with Crippen molar-refractivity contribution < 1.29 is 9.50 Å². The highest BCUT2D eigenvalue weighted by Gasteiger charge is 2.23. The van der Waals surface area contributed by atoms with Gasteiger partial charge in [-0.1, -0.05) is 12.1 Å². The van der Waals surface area contributed by atoms with Gasteiger partial charge in [-0.25, -0.2) is 4.39 Å². The van der Waals surface area contributed by atoms with Crippen molar-refractivity contribution in [1.82, 2.24) is 5.32 Å². The normalized spacial score (nSPS) is 22.5. The number of rotatable bonds is 2. The molecule has 2 rings (SSSR count). The molecule has 1 aromatic rings. The first-order valence-electron chi connectivity index (χ1n) is 6.25. The highest BCUT2D eigenvalue weighted by Crippen LogP contribution is 2.29. The molecule has 2 N–H and O–H groups in total. The van der Waals surface area contributed by atoms with Gasteiger partial charge in [0.15, 0.2) is 0 Å². The van der Waals surface area contributed by atoms with Gasteiger partial charge in [0.2, 0.25) is 0 Å². The minimum atomic E-state index is -0.485. The standard InChI is InChI=1S/C14H20FNO/c1-9-6-12(7-10(2)13(9)15)14(17)11-4-3-5-16-8-11/h6-7,11,14,16-17H,3-5,8H2,1-2H3. The van der Waals surface area contributed by atoms with E-state index in [9.17, 15) is 9.50 Å². The third kappa shape index (κ3) is 2.67. The summed E-state index contributed by atoms with van der Waals surface area (Å²) < 4.78 is 13.5. The van der Waals surface area contributed by atoms with Crippen LogP contribution in [0.25, 0.3) is 0 Å². The first kappa shape index (κ1) is 12.5. The molecule has 17 heavy (non-hydrogen) atoms. The Hall–Kier alpha value is -0.930. The van der Waals surface area contributed by atoms with Crippen LogP contribution in [0.1, 0.15) is 35.6 Å². The van der Waals surface area contributed by atoms with Crippen molar-refractivity contribution in [3.8, 4) is 0 Å². The topological polar surface area (TPSA) is 32.3 Å². The molecule has 1 fully saturated rings. The van der Waals surface area contributed by atoms with Gasteiger partial charge in [0.25, 0.3) is 0 Å². The number of hydrogen-bond donors (Lipinski definition) is 2. The van der Waals surface area contributed by atoms with Crippen LogP contribution in [0.3, 0.4) is 0 Å². The predicted molar refractivity (Wildman–Crippen MR) is 66.4 cm³/mol. The first-order chi connectivity index (χ1) is 8.09. The van der Waals surface area contributed by atoms with Crippen molar-refractivity contribution in [1.29, 1.82) is 0 Å². The molecule has 0 aliphatic carbocycles. The Kier molecular flexibility index (Phi) is 3.79. The maximum absolute atomic E-state index is 13.5. The minimum Gasteiger partial charge on any atom is -0.388 e. The van der Waals surface area contributed by atoms with Crippen molar-refractivity contribution in [3.05, 3.63) is 34.6 Å². The summed E-state index contributed by atoms with van der Waals surface area (Å²) in [6.07, 6.45) is 1.64. The van der Waals surface area contributed by atoms with E-state index in [-0.39, 0.29) is 11.7 Å². The van der Waals surface area contributed by atoms with E-state index in [1.165, 1.54) is 0 Å². The third-order valence-corrected chi connectivity index (χ3v) is 3.58. The Labute approximate surface area is 102 Å². The second-order valence-corrected chi connectivity index (χ2v) is 5.02. The summed E-state index contributed by atoms with van der Waals surface area (Å²) in [4.78, 5) is 0. The molecule has 1 aliphatic heterocycles. The molecule has 1 heterocycles. The van der Waals surface area contributed by atoms with Crippen LogP contribution in [0, 0.1) is 25.6 Å². The zero-order valence-electron chi connectivity index (χ0n) is 10.5. The van der Waals surface area contributed by atoms with Crippen LogP contribution in [-0.2, 0) is 0 Å². The van der Waals surface area contributed by atoms with E-state index in [0.29, 0.717) is 11.1 Å². The van der Waals surface area contributed by atoms with Gasteiger partial charge in [-0.3, -0.25) is 0 Å². The van der Waals surface area contributed by atoms with E-state index in [2.05, 4.69) is 5.32 Å². The summed E-state index contributed by atoms with van der Waals surface area (Å²) in [7, 11) is 0. The highest BCUT2D eigenvalue weighted by molar-refractivity contribution is 5.32. The number of aryl methyl sites for hydroxylation is 2. The van der Waals surface area contributed by atoms with Crippen LogP contribution in [0.5, 0.6) is 0 Å². The van der Waals surface area contributed by atoms with Crippen LogP contribution in [0.2, 0.25) is 0 Å². The van der Waals surface area contributed by atoms with E-state index >= 15 is 0 Å². The average molecular weight is 237 g/mol. The fourth-order valence-corrected chi connectivity index (χ4v) is 2.57. The van der Waals surface area contributed by atoms with E-state index in [4.69, 9.17) is 0 Å². The second-order valence-electron chi connectivity index (χ2n) is 5.02. The fourth-order valence-electron chi connectivity index (χ4n) is 2.57. The van der Waals surface area contributed by atoms with Gasteiger partial charge in [0.05, 0.1) is 6.10 Å². The Bertz CT molecular complexity index is 376. The van der Waals surface area contributed by atoms with Crippen LogP contribution >= 0.6 is 0 Å². The van der Waals surface area contributed by atoms with Crippen molar-refractivity contribution in [2.45, 2.75) is 32.8 Å². The van der Waals surface area contributed by atoms with Crippen LogP contribution in [-0.4, -0.2) is 18.2 Å². The lowest BCUT2D eigenvalue weighted by molar-refractivity contribution is 0.0920. The number of piperidine rings is 1. The molecular formula is C14H20FNO. The molecule has 0 bridgehead atoms. The number of nitrogens with one attached hydrogen (secondary N) is 1. The van der Waals surface area contributed by atoms with E-state index < -0.39 is 6.10 Å². The number of aliphatic hydroxyl groups excluding tert-OH is 1. The predicted octanol–water partition coefficient (Wildman–Crippen LogP) is 2.48. The van der Waals surface area contributed by atoms with E-state index in [0.717, 1.165) is 31.5 Å². The van der Waals surface area contributed by atoms with Crippen LogP contribution < -0.4 is 5.32 Å². The number of benzene rings is 1. The molecule has 1 aliphatic rings. The lowest BCUT2D eigenvalue weighted by Gasteiger charge is -2.28. The summed E-state index contributed by atoms with van der Waals surface area (Å²) in [5.74, 6) is 0.0794. The van der Waals surface area contributed by atoms with Crippen LogP contribution in [0.15, 0.2) is 12.1 Å². The largest absolute Gasteiger partial charge is 0.388 e. The van der Waals surface area contributed by atoms with Gasteiger partial charge in [-0.05, 0) is 49.9 Å². The first-order valence-corrected chi connectivity index (χ1v) is 6.25. The van der Waals surface area contributed by atoms with Gasteiger partial charge in [0, 0.05) is 12.5 Å². The van der Waals surface area contributed by atoms with Gasteiger partial charge in [-0.2, -0.15) is 0 Å². The van der Waals surface area contributed by atoms with Crippen LogP contribution in [0.4, 0.5) is 4.39 Å². The molecule has 0 saturated carbocycles. The lowest BCUT2D eigenvalue weighted by atomic mass is 9.88. The smallest absolute Gasteiger partial charge is 0.129 e. The summed E-state index contributed by atoms with van der Waals surface area (Å²) >= 11 is 0. The zero-order valence-corrected chi connectivity index (χ0v) is 10.5. The summed E-state index contributed by atoms with van der Waals surface area (Å²) in [5, 5.41) is 13.6. The van der Waals surface area contributed by atoms with E-state index in [1.807, 2.05) is 0 Å². The Morgan fingerprint density at radius 2 is 2.00 bits per heavy atom. The monoisotopic (exact) mass is 237 g/mol. The summed E-state index contributed by atoms with van der Waals surface area (Å²) in [5.41, 5.74) is 2.07. The average Bonchev–Trinajstić information content (AvgIpc) is 2.35. The maximum atomic E-state index is 13.5. The van der Waals surface area contributed by atoms with E-state index in [1.54, 1.807) is 26.0 Å². The van der Waals surface area contributed by atoms with Crippen molar-refractivity contribution in [2.75, 3.05) is 13.1 Å². The van der Waals surface area contributed by atoms with Crippen molar-refractivity contribution >= 4 is 0 Å². The Morgan fingerprint density at radius 3 is 2.53 bits per heavy atom. The fraction of sp³-hybridized carbons (Fsp3) is 0.571. The molecule has 0 spiro atoms. The number of hydrogen-bond acceptors (Lipinski definition) is 2. The van der Waals surface area contributed by atoms with Gasteiger partial charge >= 0.3 is 0 Å². The molecule has 0 aromatic heterocycles. The molecule has 94 valence electrons. The number of halogens is 1. The highest BCUT2D eigenvalue weighted by atomic mass is 19.1. The quantitative estimate of drug-likeness (QED) is 0.828. The Balaban J connectivity index is 2.21. The van der Waals surface area contributed by atoms with Crippen molar-refractivity contribution in [3.63, 3.8) is 0 Å². The molecule has 0 amide bonds. The maximum Gasteiger partial charge on any atom is 0.129 e. The molecular weight excluding hydrogens is 217 g/mol. The van der Waals surface area contributed by atoms with Gasteiger partial charge in [-0.15, -0.1) is 0 Å². The van der Waals surface area contributed by atoms with Gasteiger partial charge < -0.3 is 10.4 Å². The Morgan fingerprint density at radius 1 is 1.35 bits per heavy atom. The third-order valence-electron chi connectivity index (χ3n) is 3.58. The zero-order chi connectivity index (χ0) is 12.4.